The number of hydrogen-bond donors (Lipinski definition) is 1. The fourth-order valence-corrected chi connectivity index (χ4v) is 3.31. The number of benzene rings is 1. The summed E-state index contributed by atoms with van der Waals surface area (Å²) in [7, 11) is 1.69. The highest BCUT2D eigenvalue weighted by atomic mass is 79.9. The van der Waals surface area contributed by atoms with Gasteiger partial charge in [-0.2, -0.15) is 0 Å². The average Bonchev–Trinajstić information content (AvgIpc) is 2.95. The van der Waals surface area contributed by atoms with Gasteiger partial charge in [-0.05, 0) is 35.2 Å². The molecule has 0 bridgehead atoms. The van der Waals surface area contributed by atoms with Gasteiger partial charge >= 0.3 is 0 Å². The maximum atomic E-state index is 5.27. The monoisotopic (exact) mass is 353 g/mol. The van der Waals surface area contributed by atoms with E-state index in [1.165, 1.54) is 10.4 Å². The second kappa shape index (κ2) is 6.74. The lowest BCUT2D eigenvalue weighted by Crippen LogP contribution is -2.32. The first kappa shape index (κ1) is 15.5. The van der Waals surface area contributed by atoms with Gasteiger partial charge in [-0.25, -0.2) is 0 Å². The van der Waals surface area contributed by atoms with Crippen LogP contribution in [0.3, 0.4) is 0 Å². The van der Waals surface area contributed by atoms with E-state index in [-0.39, 0.29) is 5.41 Å². The van der Waals surface area contributed by atoms with Crippen LogP contribution in [-0.2, 0) is 12.0 Å². The fraction of sp³-hybridized carbons (Fsp3) is 0.375. The molecule has 2 rings (SSSR count). The summed E-state index contributed by atoms with van der Waals surface area (Å²) in [4.78, 5) is 1.41. The van der Waals surface area contributed by atoms with Gasteiger partial charge in [-0.3, -0.25) is 0 Å². The van der Waals surface area contributed by atoms with Crippen molar-refractivity contribution in [3.63, 3.8) is 0 Å². The molecular formula is C16H20BrNOS. The van der Waals surface area contributed by atoms with Gasteiger partial charge in [0.1, 0.15) is 5.75 Å². The van der Waals surface area contributed by atoms with Crippen LogP contribution in [0.4, 0.5) is 0 Å². The molecule has 0 saturated carbocycles. The van der Waals surface area contributed by atoms with Crippen molar-refractivity contribution in [2.24, 2.45) is 0 Å². The van der Waals surface area contributed by atoms with Crippen LogP contribution in [0.15, 0.2) is 40.2 Å². The molecule has 0 aliphatic rings. The van der Waals surface area contributed by atoms with Gasteiger partial charge in [0.2, 0.25) is 0 Å². The Bertz CT molecular complexity index is 552. The molecule has 0 unspecified atom stereocenters. The van der Waals surface area contributed by atoms with E-state index in [4.69, 9.17) is 4.74 Å². The molecule has 0 radical (unpaired) electrons. The summed E-state index contributed by atoms with van der Waals surface area (Å²) in [6.45, 7) is 6.31. The third-order valence-electron chi connectivity index (χ3n) is 3.32. The van der Waals surface area contributed by atoms with Gasteiger partial charge < -0.3 is 10.1 Å². The van der Waals surface area contributed by atoms with Gasteiger partial charge in [0.15, 0.2) is 0 Å². The number of rotatable bonds is 6. The smallest absolute Gasteiger partial charge is 0.119 e. The molecule has 4 heteroatoms. The second-order valence-corrected chi connectivity index (χ2v) is 7.22. The minimum absolute atomic E-state index is 0.152. The van der Waals surface area contributed by atoms with Crippen LogP contribution in [0, 0.1) is 0 Å². The molecule has 0 saturated heterocycles. The van der Waals surface area contributed by atoms with Crippen LogP contribution in [0.25, 0.3) is 0 Å². The highest BCUT2D eigenvalue weighted by molar-refractivity contribution is 9.10. The molecule has 0 atom stereocenters. The molecule has 2 aromatic rings. The molecule has 0 aliphatic heterocycles. The molecule has 0 amide bonds. The molecule has 2 nitrogen and oxygen atoms in total. The average molecular weight is 354 g/mol. The Morgan fingerprint density at radius 3 is 2.75 bits per heavy atom. The minimum Gasteiger partial charge on any atom is -0.497 e. The number of hydrogen-bond acceptors (Lipinski definition) is 3. The van der Waals surface area contributed by atoms with E-state index in [1.54, 1.807) is 7.11 Å². The van der Waals surface area contributed by atoms with Gasteiger partial charge in [-0.15, -0.1) is 11.3 Å². The summed E-state index contributed by atoms with van der Waals surface area (Å²) in [6, 6.07) is 10.4. The summed E-state index contributed by atoms with van der Waals surface area (Å²) < 4.78 is 6.38. The summed E-state index contributed by atoms with van der Waals surface area (Å²) in [6.07, 6.45) is 0. The molecule has 1 N–H and O–H groups in total. The molecular weight excluding hydrogens is 334 g/mol. The number of halogens is 1. The van der Waals surface area contributed by atoms with Gasteiger partial charge in [0, 0.05) is 27.9 Å². The molecule has 108 valence electrons. The first-order chi connectivity index (χ1) is 9.53. The van der Waals surface area contributed by atoms with E-state index in [0.29, 0.717) is 0 Å². The Hall–Kier alpha value is -0.840. The SMILES string of the molecule is COc1ccc(Br)c(CNCC(C)(C)c2cccs2)c1. The van der Waals surface area contributed by atoms with Gasteiger partial charge in [0.25, 0.3) is 0 Å². The summed E-state index contributed by atoms with van der Waals surface area (Å²) in [5, 5.41) is 5.68. The van der Waals surface area contributed by atoms with E-state index in [0.717, 1.165) is 23.3 Å². The lowest BCUT2D eigenvalue weighted by atomic mass is 9.91. The van der Waals surface area contributed by atoms with Crippen molar-refractivity contribution in [2.75, 3.05) is 13.7 Å². The van der Waals surface area contributed by atoms with Crippen LogP contribution in [0.2, 0.25) is 0 Å². The number of ether oxygens (including phenoxy) is 1. The molecule has 1 aromatic heterocycles. The van der Waals surface area contributed by atoms with Crippen molar-refractivity contribution in [3.8, 4) is 5.75 Å². The van der Waals surface area contributed by atoms with Crippen LogP contribution in [-0.4, -0.2) is 13.7 Å². The third kappa shape index (κ3) is 3.84. The quantitative estimate of drug-likeness (QED) is 0.819. The predicted octanol–water partition coefficient (Wildman–Crippen LogP) is 4.59. The lowest BCUT2D eigenvalue weighted by Gasteiger charge is -2.24. The van der Waals surface area contributed by atoms with Crippen LogP contribution in [0.1, 0.15) is 24.3 Å². The van der Waals surface area contributed by atoms with Crippen LogP contribution in [0.5, 0.6) is 5.75 Å². The van der Waals surface area contributed by atoms with Crippen molar-refractivity contribution in [3.05, 3.63) is 50.6 Å². The van der Waals surface area contributed by atoms with E-state index >= 15 is 0 Å². The van der Waals surface area contributed by atoms with Crippen molar-refractivity contribution in [1.29, 1.82) is 0 Å². The van der Waals surface area contributed by atoms with E-state index < -0.39 is 0 Å². The predicted molar refractivity (Wildman–Crippen MR) is 89.7 cm³/mol. The molecule has 0 spiro atoms. The second-order valence-electron chi connectivity index (χ2n) is 5.42. The molecule has 0 aliphatic carbocycles. The van der Waals surface area contributed by atoms with E-state index in [9.17, 15) is 0 Å². The first-order valence-electron chi connectivity index (χ1n) is 6.60. The highest BCUT2D eigenvalue weighted by Crippen LogP contribution is 2.27. The van der Waals surface area contributed by atoms with Crippen molar-refractivity contribution in [2.45, 2.75) is 25.8 Å². The zero-order chi connectivity index (χ0) is 14.6. The van der Waals surface area contributed by atoms with Crippen molar-refractivity contribution >= 4 is 27.3 Å². The Balaban J connectivity index is 1.96. The Kier molecular flexibility index (Phi) is 5.24. The number of methoxy groups -OCH3 is 1. The fourth-order valence-electron chi connectivity index (χ4n) is 2.07. The maximum Gasteiger partial charge on any atom is 0.119 e. The molecule has 1 heterocycles. The summed E-state index contributed by atoms with van der Waals surface area (Å²) in [5.41, 5.74) is 1.37. The van der Waals surface area contributed by atoms with Crippen molar-refractivity contribution < 1.29 is 4.74 Å². The van der Waals surface area contributed by atoms with E-state index in [2.05, 4.69) is 58.7 Å². The normalized spacial score (nSPS) is 11.6. The largest absolute Gasteiger partial charge is 0.497 e. The molecule has 1 aromatic carbocycles. The Labute approximate surface area is 133 Å². The highest BCUT2D eigenvalue weighted by Gasteiger charge is 2.21. The summed E-state index contributed by atoms with van der Waals surface area (Å²) >= 11 is 5.40. The topological polar surface area (TPSA) is 21.3 Å². The Morgan fingerprint density at radius 2 is 2.10 bits per heavy atom. The lowest BCUT2D eigenvalue weighted by molar-refractivity contribution is 0.413. The maximum absolute atomic E-state index is 5.27. The van der Waals surface area contributed by atoms with Crippen molar-refractivity contribution in [1.82, 2.24) is 5.32 Å². The van der Waals surface area contributed by atoms with Crippen LogP contribution < -0.4 is 10.1 Å². The van der Waals surface area contributed by atoms with Crippen LogP contribution >= 0.6 is 27.3 Å². The minimum atomic E-state index is 0.152. The Morgan fingerprint density at radius 1 is 1.30 bits per heavy atom. The molecule has 0 fully saturated rings. The van der Waals surface area contributed by atoms with Gasteiger partial charge in [-0.1, -0.05) is 35.8 Å². The first-order valence-corrected chi connectivity index (χ1v) is 8.27. The zero-order valence-electron chi connectivity index (χ0n) is 12.1. The van der Waals surface area contributed by atoms with Gasteiger partial charge in [0.05, 0.1) is 7.11 Å². The molecule has 20 heavy (non-hydrogen) atoms. The third-order valence-corrected chi connectivity index (χ3v) is 5.33. The summed E-state index contributed by atoms with van der Waals surface area (Å²) in [5.74, 6) is 0.891. The number of nitrogens with one attached hydrogen (secondary N) is 1. The number of thiophene rings is 1. The standard InChI is InChI=1S/C16H20BrNOS/c1-16(2,15-5-4-8-20-15)11-18-10-12-9-13(19-3)6-7-14(12)17/h4-9,18H,10-11H2,1-3H3. The van der Waals surface area contributed by atoms with E-state index in [1.807, 2.05) is 23.5 Å². The zero-order valence-corrected chi connectivity index (χ0v) is 14.5.